The summed E-state index contributed by atoms with van der Waals surface area (Å²) >= 11 is 0. The molecule has 1 aliphatic rings. The Morgan fingerprint density at radius 3 is 2.78 bits per heavy atom. The number of amides is 3. The van der Waals surface area contributed by atoms with Crippen molar-refractivity contribution in [3.63, 3.8) is 0 Å². The van der Waals surface area contributed by atoms with Crippen molar-refractivity contribution in [3.8, 4) is 0 Å². The number of hydrogen-bond donors (Lipinski definition) is 2. The van der Waals surface area contributed by atoms with E-state index in [1.54, 1.807) is 12.1 Å². The zero-order valence-corrected chi connectivity index (χ0v) is 9.90. The number of imide groups is 1. The fourth-order valence-corrected chi connectivity index (χ4v) is 2.02. The van der Waals surface area contributed by atoms with Crippen LogP contribution in [0.5, 0.6) is 0 Å². The molecule has 0 saturated heterocycles. The van der Waals surface area contributed by atoms with Gasteiger partial charge in [-0.25, -0.2) is 4.90 Å². The Morgan fingerprint density at radius 2 is 2.17 bits per heavy atom. The van der Waals surface area contributed by atoms with Crippen LogP contribution in [0.15, 0.2) is 18.2 Å². The molecule has 0 saturated carbocycles. The third kappa shape index (κ3) is 1.98. The average molecular weight is 247 g/mol. The lowest BCUT2D eigenvalue weighted by atomic mass is 10.1. The van der Waals surface area contributed by atoms with Gasteiger partial charge in [0.1, 0.15) is 0 Å². The van der Waals surface area contributed by atoms with Crippen molar-refractivity contribution in [1.82, 2.24) is 5.32 Å². The lowest BCUT2D eigenvalue weighted by molar-refractivity contribution is -0.137. The molecule has 0 radical (unpaired) electrons. The van der Waals surface area contributed by atoms with E-state index in [1.807, 2.05) is 13.1 Å². The minimum absolute atomic E-state index is 0.117. The van der Waals surface area contributed by atoms with Gasteiger partial charge in [-0.15, -0.1) is 0 Å². The molecule has 6 nitrogen and oxygen atoms in total. The number of rotatable bonds is 2. The van der Waals surface area contributed by atoms with E-state index < -0.39 is 17.7 Å². The van der Waals surface area contributed by atoms with Gasteiger partial charge in [-0.1, -0.05) is 12.1 Å². The highest BCUT2D eigenvalue weighted by molar-refractivity contribution is 6.45. The van der Waals surface area contributed by atoms with E-state index >= 15 is 0 Å². The minimum atomic E-state index is -1.13. The molecule has 94 valence electrons. The van der Waals surface area contributed by atoms with Gasteiger partial charge in [-0.2, -0.15) is 0 Å². The Kier molecular flexibility index (Phi) is 3.12. The molecule has 3 amide bonds. The number of primary amides is 1. The third-order valence-corrected chi connectivity index (χ3v) is 2.77. The summed E-state index contributed by atoms with van der Waals surface area (Å²) in [5.74, 6) is -2.54. The van der Waals surface area contributed by atoms with Crippen molar-refractivity contribution < 1.29 is 14.4 Å². The van der Waals surface area contributed by atoms with Crippen LogP contribution in [0.4, 0.5) is 5.69 Å². The molecule has 1 aromatic carbocycles. The van der Waals surface area contributed by atoms with Crippen LogP contribution in [0.25, 0.3) is 0 Å². The number of nitrogens with two attached hydrogens (primary N) is 1. The number of nitrogens with one attached hydrogen (secondary N) is 1. The van der Waals surface area contributed by atoms with E-state index in [9.17, 15) is 14.4 Å². The van der Waals surface area contributed by atoms with Crippen molar-refractivity contribution in [2.45, 2.75) is 13.0 Å². The molecule has 1 aliphatic heterocycles. The summed E-state index contributed by atoms with van der Waals surface area (Å²) in [5, 5.41) is 3.00. The lowest BCUT2D eigenvalue weighted by Gasteiger charge is -2.13. The summed E-state index contributed by atoms with van der Waals surface area (Å²) in [6, 6.07) is 5.31. The molecule has 0 fully saturated rings. The van der Waals surface area contributed by atoms with Gasteiger partial charge in [0.15, 0.2) is 0 Å². The largest absolute Gasteiger partial charge is 0.361 e. The molecule has 0 unspecified atom stereocenters. The Bertz CT molecular complexity index is 539. The van der Waals surface area contributed by atoms with Crippen molar-refractivity contribution >= 4 is 23.4 Å². The third-order valence-electron chi connectivity index (χ3n) is 2.77. The van der Waals surface area contributed by atoms with Crippen LogP contribution in [-0.4, -0.2) is 24.8 Å². The van der Waals surface area contributed by atoms with E-state index in [0.717, 1.165) is 16.0 Å². The summed E-state index contributed by atoms with van der Waals surface area (Å²) in [5.41, 5.74) is 7.12. The first kappa shape index (κ1) is 12.3. The number of nitrogens with zero attached hydrogens (tertiary/aromatic N) is 1. The van der Waals surface area contributed by atoms with Gasteiger partial charge in [0.05, 0.1) is 12.1 Å². The van der Waals surface area contributed by atoms with Crippen molar-refractivity contribution in [3.05, 3.63) is 29.3 Å². The van der Waals surface area contributed by atoms with Gasteiger partial charge in [0, 0.05) is 6.54 Å². The van der Waals surface area contributed by atoms with E-state index in [4.69, 9.17) is 5.73 Å². The Labute approximate surface area is 104 Å². The fraction of sp³-hybridized carbons (Fsp3) is 0.250. The highest BCUT2D eigenvalue weighted by atomic mass is 16.2. The topological polar surface area (TPSA) is 92.5 Å². The number of benzene rings is 1. The molecule has 0 aliphatic carbocycles. The molecule has 3 N–H and O–H groups in total. The highest BCUT2D eigenvalue weighted by Gasteiger charge is 2.34. The van der Waals surface area contributed by atoms with E-state index in [0.29, 0.717) is 12.2 Å². The Hall–Kier alpha value is -2.21. The van der Waals surface area contributed by atoms with Gasteiger partial charge in [-0.3, -0.25) is 14.4 Å². The molecule has 0 aromatic heterocycles. The van der Waals surface area contributed by atoms with Crippen LogP contribution in [0.1, 0.15) is 11.1 Å². The number of carbonyl (C=O) groups excluding carboxylic acids is 3. The van der Waals surface area contributed by atoms with Gasteiger partial charge in [0.2, 0.25) is 5.91 Å². The molecule has 0 spiro atoms. The second-order valence-corrected chi connectivity index (χ2v) is 4.07. The molecule has 0 atom stereocenters. The van der Waals surface area contributed by atoms with Crippen LogP contribution >= 0.6 is 0 Å². The van der Waals surface area contributed by atoms with Crippen LogP contribution in [0.3, 0.4) is 0 Å². The summed E-state index contributed by atoms with van der Waals surface area (Å²) < 4.78 is 0. The van der Waals surface area contributed by atoms with Crippen molar-refractivity contribution in [2.24, 2.45) is 5.73 Å². The molecular formula is C12H13N3O3. The van der Waals surface area contributed by atoms with E-state index in [1.165, 1.54) is 0 Å². The fourth-order valence-electron chi connectivity index (χ4n) is 2.02. The second kappa shape index (κ2) is 4.58. The maximum Gasteiger partial charge on any atom is 0.322 e. The summed E-state index contributed by atoms with van der Waals surface area (Å²) in [4.78, 5) is 35.0. The van der Waals surface area contributed by atoms with E-state index in [2.05, 4.69) is 5.32 Å². The van der Waals surface area contributed by atoms with Gasteiger partial charge < -0.3 is 11.1 Å². The SMILES string of the molecule is CNCc1ccc2c(c1)CC(=O)N2C(=O)C(N)=O. The van der Waals surface area contributed by atoms with Gasteiger partial charge >= 0.3 is 11.8 Å². The predicted octanol–water partition coefficient (Wildman–Crippen LogP) is -0.693. The summed E-state index contributed by atoms with van der Waals surface area (Å²) in [6.45, 7) is 0.672. The van der Waals surface area contributed by atoms with Gasteiger partial charge in [0.25, 0.3) is 0 Å². The zero-order valence-electron chi connectivity index (χ0n) is 9.90. The molecule has 18 heavy (non-hydrogen) atoms. The van der Waals surface area contributed by atoms with Crippen molar-refractivity contribution in [1.29, 1.82) is 0 Å². The van der Waals surface area contributed by atoms with Crippen LogP contribution in [0.2, 0.25) is 0 Å². The molecular weight excluding hydrogens is 234 g/mol. The minimum Gasteiger partial charge on any atom is -0.361 e. The quantitative estimate of drug-likeness (QED) is 0.676. The van der Waals surface area contributed by atoms with Gasteiger partial charge in [-0.05, 0) is 24.2 Å². The number of carbonyl (C=O) groups is 3. The molecule has 1 heterocycles. The van der Waals surface area contributed by atoms with E-state index in [-0.39, 0.29) is 6.42 Å². The smallest absolute Gasteiger partial charge is 0.322 e. The molecule has 1 aromatic rings. The average Bonchev–Trinajstić information content (AvgIpc) is 2.63. The normalized spacial score (nSPS) is 13.6. The first-order chi connectivity index (χ1) is 8.54. The number of hydrogen-bond acceptors (Lipinski definition) is 4. The monoisotopic (exact) mass is 247 g/mol. The molecule has 6 heteroatoms. The first-order valence-corrected chi connectivity index (χ1v) is 5.47. The summed E-state index contributed by atoms with van der Waals surface area (Å²) in [7, 11) is 1.82. The molecule has 2 rings (SSSR count). The lowest BCUT2D eigenvalue weighted by Crippen LogP contribution is -2.42. The van der Waals surface area contributed by atoms with Crippen LogP contribution in [0, 0.1) is 0 Å². The Balaban J connectivity index is 2.38. The number of fused-ring (bicyclic) bond motifs is 1. The predicted molar refractivity (Wildman–Crippen MR) is 64.6 cm³/mol. The number of anilines is 1. The maximum absolute atomic E-state index is 11.7. The van der Waals surface area contributed by atoms with Crippen LogP contribution in [-0.2, 0) is 27.3 Å². The molecule has 0 bridgehead atoms. The Morgan fingerprint density at radius 1 is 1.44 bits per heavy atom. The maximum atomic E-state index is 11.7. The first-order valence-electron chi connectivity index (χ1n) is 5.47. The van der Waals surface area contributed by atoms with Crippen LogP contribution < -0.4 is 16.0 Å². The zero-order chi connectivity index (χ0) is 13.3. The standard InChI is InChI=1S/C12H13N3O3/c1-14-6-7-2-3-9-8(4-7)5-10(16)15(9)12(18)11(13)17/h2-4,14H,5-6H2,1H3,(H2,13,17). The van der Waals surface area contributed by atoms with Crippen molar-refractivity contribution in [2.75, 3.05) is 11.9 Å². The highest BCUT2D eigenvalue weighted by Crippen LogP contribution is 2.29. The second-order valence-electron chi connectivity index (χ2n) is 4.07. The summed E-state index contributed by atoms with van der Waals surface area (Å²) in [6.07, 6.45) is 0.117.